The van der Waals surface area contributed by atoms with Gasteiger partial charge in [-0.05, 0) is 55.8 Å². The van der Waals surface area contributed by atoms with Crippen molar-refractivity contribution in [3.63, 3.8) is 0 Å². The molecule has 8 heteroatoms. The van der Waals surface area contributed by atoms with E-state index in [1.165, 1.54) is 22.5 Å². The summed E-state index contributed by atoms with van der Waals surface area (Å²) in [6.45, 7) is 8.54. The zero-order chi connectivity index (χ0) is 20.9. The lowest BCUT2D eigenvalue weighted by molar-refractivity contribution is 0.102. The Bertz CT molecular complexity index is 957. The molecule has 2 aromatic carbocycles. The molecule has 1 N–H and O–H groups in total. The van der Waals surface area contributed by atoms with Crippen LogP contribution in [0.1, 0.15) is 36.7 Å². The number of sulfonamides is 1. The van der Waals surface area contributed by atoms with Crippen LogP contribution in [0.25, 0.3) is 0 Å². The van der Waals surface area contributed by atoms with Gasteiger partial charge in [-0.2, -0.15) is 4.31 Å². The van der Waals surface area contributed by atoms with E-state index in [1.807, 2.05) is 13.8 Å². The first kappa shape index (κ1) is 22.2. The summed E-state index contributed by atoms with van der Waals surface area (Å²) in [7, 11) is -3.65. The van der Waals surface area contributed by atoms with Gasteiger partial charge in [0, 0.05) is 18.7 Å². The van der Waals surface area contributed by atoms with Gasteiger partial charge < -0.3 is 10.1 Å². The highest BCUT2D eigenvalue weighted by Crippen LogP contribution is 2.28. The molecule has 0 saturated carbocycles. The third-order valence-electron chi connectivity index (χ3n) is 4.27. The number of amides is 1. The molecular formula is C20H25ClN2O4S. The van der Waals surface area contributed by atoms with E-state index in [9.17, 15) is 13.2 Å². The Hall–Kier alpha value is -2.09. The maximum Gasteiger partial charge on any atom is 0.255 e. The zero-order valence-electron chi connectivity index (χ0n) is 16.5. The number of nitrogens with zero attached hydrogens (tertiary/aromatic N) is 1. The summed E-state index contributed by atoms with van der Waals surface area (Å²) in [5, 5.41) is 2.96. The Morgan fingerprint density at radius 3 is 2.36 bits per heavy atom. The average Bonchev–Trinajstić information content (AvgIpc) is 2.65. The van der Waals surface area contributed by atoms with E-state index >= 15 is 0 Å². The SMILES string of the molecule is CCOc1ccc(C(=O)Nc2cc(S(=O)(=O)N(CC)CC)ccc2Cl)cc1C. The third-order valence-corrected chi connectivity index (χ3v) is 6.64. The van der Waals surface area contributed by atoms with Crippen LogP contribution >= 0.6 is 11.6 Å². The lowest BCUT2D eigenvalue weighted by Gasteiger charge is -2.19. The number of hydrogen-bond donors (Lipinski definition) is 1. The molecule has 0 radical (unpaired) electrons. The van der Waals surface area contributed by atoms with E-state index in [-0.39, 0.29) is 21.5 Å². The topological polar surface area (TPSA) is 75.7 Å². The number of anilines is 1. The monoisotopic (exact) mass is 424 g/mol. The molecule has 6 nitrogen and oxygen atoms in total. The maximum atomic E-state index is 12.7. The Morgan fingerprint density at radius 2 is 1.79 bits per heavy atom. The predicted octanol–water partition coefficient (Wildman–Crippen LogP) is 4.33. The molecule has 0 aliphatic rings. The quantitative estimate of drug-likeness (QED) is 0.684. The van der Waals surface area contributed by atoms with E-state index in [1.54, 1.807) is 32.0 Å². The smallest absolute Gasteiger partial charge is 0.255 e. The van der Waals surface area contributed by atoms with Crippen molar-refractivity contribution in [3.8, 4) is 5.75 Å². The van der Waals surface area contributed by atoms with Gasteiger partial charge in [-0.3, -0.25) is 4.79 Å². The highest BCUT2D eigenvalue weighted by Gasteiger charge is 2.23. The molecule has 0 aromatic heterocycles. The summed E-state index contributed by atoms with van der Waals surface area (Å²) in [6, 6.07) is 9.39. The largest absolute Gasteiger partial charge is 0.494 e. The van der Waals surface area contributed by atoms with Crippen molar-refractivity contribution in [1.82, 2.24) is 4.31 Å². The van der Waals surface area contributed by atoms with Gasteiger partial charge in [0.1, 0.15) is 5.75 Å². The van der Waals surface area contributed by atoms with Crippen molar-refractivity contribution in [2.24, 2.45) is 0 Å². The number of benzene rings is 2. The highest BCUT2D eigenvalue weighted by molar-refractivity contribution is 7.89. The number of halogens is 1. The minimum Gasteiger partial charge on any atom is -0.494 e. The van der Waals surface area contributed by atoms with Crippen LogP contribution in [0, 0.1) is 6.92 Å². The van der Waals surface area contributed by atoms with Crippen molar-refractivity contribution >= 4 is 33.2 Å². The van der Waals surface area contributed by atoms with Gasteiger partial charge in [0.05, 0.1) is 22.2 Å². The fourth-order valence-electron chi connectivity index (χ4n) is 2.78. The molecule has 2 rings (SSSR count). The van der Waals surface area contributed by atoms with Gasteiger partial charge in [0.2, 0.25) is 10.0 Å². The summed E-state index contributed by atoms with van der Waals surface area (Å²) in [6.07, 6.45) is 0. The molecular weight excluding hydrogens is 400 g/mol. The first-order valence-electron chi connectivity index (χ1n) is 9.09. The van der Waals surface area contributed by atoms with E-state index in [4.69, 9.17) is 16.3 Å². The Morgan fingerprint density at radius 1 is 1.11 bits per heavy atom. The Kier molecular flexibility index (Phi) is 7.46. The number of carbonyl (C=O) groups is 1. The van der Waals surface area contributed by atoms with Crippen molar-refractivity contribution in [2.75, 3.05) is 25.0 Å². The standard InChI is InChI=1S/C20H25ClN2O4S/c1-5-23(6-2)28(25,26)16-9-10-17(21)18(13-16)22-20(24)15-8-11-19(27-7-3)14(4)12-15/h8-13H,5-7H2,1-4H3,(H,22,24). The Balaban J connectivity index is 2.31. The average molecular weight is 425 g/mol. The van der Waals surface area contributed by atoms with Crippen LogP contribution in [-0.2, 0) is 10.0 Å². The molecule has 0 unspecified atom stereocenters. The second-order valence-electron chi connectivity index (χ2n) is 6.10. The summed E-state index contributed by atoms with van der Waals surface area (Å²) in [5.74, 6) is 0.329. The molecule has 28 heavy (non-hydrogen) atoms. The van der Waals surface area contributed by atoms with E-state index < -0.39 is 10.0 Å². The second-order valence-corrected chi connectivity index (χ2v) is 8.44. The first-order valence-corrected chi connectivity index (χ1v) is 10.9. The Labute approximate surface area is 171 Å². The molecule has 2 aromatic rings. The van der Waals surface area contributed by atoms with Gasteiger partial charge in [0.15, 0.2) is 0 Å². The van der Waals surface area contributed by atoms with Crippen LogP contribution in [0.4, 0.5) is 5.69 Å². The highest BCUT2D eigenvalue weighted by atomic mass is 35.5. The molecule has 0 heterocycles. The summed E-state index contributed by atoms with van der Waals surface area (Å²) in [4.78, 5) is 12.7. The first-order chi connectivity index (χ1) is 13.2. The third kappa shape index (κ3) is 4.84. The van der Waals surface area contributed by atoms with Crippen molar-refractivity contribution in [2.45, 2.75) is 32.6 Å². The molecule has 0 aliphatic carbocycles. The molecule has 0 atom stereocenters. The fourth-order valence-corrected chi connectivity index (χ4v) is 4.43. The van der Waals surface area contributed by atoms with Crippen LogP contribution in [-0.4, -0.2) is 38.3 Å². The molecule has 0 saturated heterocycles. The van der Waals surface area contributed by atoms with Gasteiger partial charge in [-0.25, -0.2) is 8.42 Å². The number of aryl methyl sites for hydroxylation is 1. The van der Waals surface area contributed by atoms with E-state index in [2.05, 4.69) is 5.32 Å². The summed E-state index contributed by atoms with van der Waals surface area (Å²) >= 11 is 6.18. The number of hydrogen-bond acceptors (Lipinski definition) is 4. The van der Waals surface area contributed by atoms with Crippen LogP contribution in [0.3, 0.4) is 0 Å². The molecule has 152 valence electrons. The number of ether oxygens (including phenoxy) is 1. The van der Waals surface area contributed by atoms with E-state index in [0.29, 0.717) is 31.0 Å². The van der Waals surface area contributed by atoms with E-state index in [0.717, 1.165) is 5.56 Å². The fraction of sp³-hybridized carbons (Fsp3) is 0.350. The predicted molar refractivity (Wildman–Crippen MR) is 112 cm³/mol. The minimum absolute atomic E-state index is 0.0822. The van der Waals surface area contributed by atoms with Gasteiger partial charge in [0.25, 0.3) is 5.91 Å². The summed E-state index contributed by atoms with van der Waals surface area (Å²) < 4.78 is 32.3. The summed E-state index contributed by atoms with van der Waals surface area (Å²) in [5.41, 5.74) is 1.50. The van der Waals surface area contributed by atoms with Crippen LogP contribution in [0.2, 0.25) is 5.02 Å². The minimum atomic E-state index is -3.65. The molecule has 0 spiro atoms. The molecule has 0 aliphatic heterocycles. The van der Waals surface area contributed by atoms with Crippen LogP contribution < -0.4 is 10.1 Å². The lowest BCUT2D eigenvalue weighted by atomic mass is 10.1. The van der Waals surface area contributed by atoms with Gasteiger partial charge in [-0.15, -0.1) is 0 Å². The maximum absolute atomic E-state index is 12.7. The molecule has 0 fully saturated rings. The van der Waals surface area contributed by atoms with Gasteiger partial charge in [-0.1, -0.05) is 25.4 Å². The van der Waals surface area contributed by atoms with Crippen LogP contribution in [0.5, 0.6) is 5.75 Å². The normalized spacial score (nSPS) is 11.5. The number of carbonyl (C=O) groups excluding carboxylic acids is 1. The lowest BCUT2D eigenvalue weighted by Crippen LogP contribution is -2.30. The number of rotatable bonds is 8. The number of nitrogens with one attached hydrogen (secondary N) is 1. The van der Waals surface area contributed by atoms with Gasteiger partial charge >= 0.3 is 0 Å². The molecule has 1 amide bonds. The molecule has 0 bridgehead atoms. The van der Waals surface area contributed by atoms with Crippen molar-refractivity contribution in [3.05, 3.63) is 52.5 Å². The zero-order valence-corrected chi connectivity index (χ0v) is 18.0. The van der Waals surface area contributed by atoms with Crippen molar-refractivity contribution < 1.29 is 17.9 Å². The van der Waals surface area contributed by atoms with Crippen LogP contribution in [0.15, 0.2) is 41.3 Å². The second kappa shape index (κ2) is 9.41. The van der Waals surface area contributed by atoms with Crippen molar-refractivity contribution in [1.29, 1.82) is 0 Å².